The summed E-state index contributed by atoms with van der Waals surface area (Å²) in [7, 11) is 3.74. The third-order valence-electron chi connectivity index (χ3n) is 5.40. The highest BCUT2D eigenvalue weighted by molar-refractivity contribution is 6.46. The number of likely N-dealkylation sites (tertiary alicyclic amines) is 1. The lowest BCUT2D eigenvalue weighted by molar-refractivity contribution is -0.140. The molecule has 3 N–H and O–H groups in total. The van der Waals surface area contributed by atoms with Crippen LogP contribution in [0, 0.1) is 0 Å². The summed E-state index contributed by atoms with van der Waals surface area (Å²) in [5, 5.41) is 11.2. The summed E-state index contributed by atoms with van der Waals surface area (Å²) < 4.78 is 11.0. The molecule has 0 radical (unpaired) electrons. The van der Waals surface area contributed by atoms with Crippen LogP contribution in [0.15, 0.2) is 54.1 Å². The minimum absolute atomic E-state index is 0.00797. The van der Waals surface area contributed by atoms with Gasteiger partial charge in [-0.25, -0.2) is 0 Å². The summed E-state index contributed by atoms with van der Waals surface area (Å²) in [4.78, 5) is 40.4. The molecular formula is C26H31N3O6. The van der Waals surface area contributed by atoms with E-state index in [4.69, 9.17) is 15.2 Å². The summed E-state index contributed by atoms with van der Waals surface area (Å²) in [6, 6.07) is 12.6. The van der Waals surface area contributed by atoms with Crippen molar-refractivity contribution >= 4 is 23.4 Å². The Morgan fingerprint density at radius 1 is 1.06 bits per heavy atom. The van der Waals surface area contributed by atoms with Crippen molar-refractivity contribution in [3.05, 3.63) is 65.2 Å². The predicted molar refractivity (Wildman–Crippen MR) is 131 cm³/mol. The first-order valence-electron chi connectivity index (χ1n) is 11.3. The molecule has 1 aliphatic rings. The monoisotopic (exact) mass is 481 g/mol. The molecule has 0 spiro atoms. The summed E-state index contributed by atoms with van der Waals surface area (Å²) in [6.07, 6.45) is -0.00797. The van der Waals surface area contributed by atoms with Gasteiger partial charge in [0, 0.05) is 18.7 Å². The van der Waals surface area contributed by atoms with Gasteiger partial charge in [0.2, 0.25) is 0 Å². The number of carbonyl (C=O) groups excluding carboxylic acids is 3. The Morgan fingerprint density at radius 3 is 2.20 bits per heavy atom. The van der Waals surface area contributed by atoms with E-state index in [1.54, 1.807) is 48.5 Å². The third-order valence-corrected chi connectivity index (χ3v) is 5.40. The molecular weight excluding hydrogens is 450 g/mol. The number of primary amides is 1. The van der Waals surface area contributed by atoms with E-state index in [1.807, 2.05) is 32.8 Å². The molecule has 0 aliphatic carbocycles. The molecule has 9 heteroatoms. The topological polar surface area (TPSA) is 122 Å². The van der Waals surface area contributed by atoms with E-state index in [-0.39, 0.29) is 24.0 Å². The lowest BCUT2D eigenvalue weighted by Gasteiger charge is -2.26. The molecule has 2 aromatic carbocycles. The van der Waals surface area contributed by atoms with E-state index in [2.05, 4.69) is 0 Å². The summed E-state index contributed by atoms with van der Waals surface area (Å²) in [5.74, 6) is -1.23. The average Bonchev–Trinajstić information content (AvgIpc) is 3.06. The van der Waals surface area contributed by atoms with Crippen LogP contribution >= 0.6 is 0 Å². The van der Waals surface area contributed by atoms with Gasteiger partial charge in [0.25, 0.3) is 17.6 Å². The number of likely N-dealkylation sites (N-methyl/N-ethyl adjacent to an activating group) is 1. The van der Waals surface area contributed by atoms with Crippen molar-refractivity contribution in [3.63, 3.8) is 0 Å². The average molecular weight is 482 g/mol. The van der Waals surface area contributed by atoms with Gasteiger partial charge in [-0.05, 0) is 69.9 Å². The van der Waals surface area contributed by atoms with Gasteiger partial charge < -0.3 is 30.1 Å². The number of ether oxygens (including phenoxy) is 2. The van der Waals surface area contributed by atoms with Crippen molar-refractivity contribution in [2.24, 2.45) is 5.73 Å². The van der Waals surface area contributed by atoms with Crippen molar-refractivity contribution in [1.29, 1.82) is 0 Å². The maximum absolute atomic E-state index is 13.1. The van der Waals surface area contributed by atoms with Crippen LogP contribution in [0.4, 0.5) is 0 Å². The van der Waals surface area contributed by atoms with Crippen molar-refractivity contribution in [2.45, 2.75) is 26.0 Å². The zero-order valence-electron chi connectivity index (χ0n) is 20.4. The van der Waals surface area contributed by atoms with Crippen LogP contribution in [-0.2, 0) is 14.4 Å². The van der Waals surface area contributed by atoms with Crippen LogP contribution < -0.4 is 15.2 Å². The Hall–Kier alpha value is -3.85. The lowest BCUT2D eigenvalue weighted by Crippen LogP contribution is -2.35. The maximum atomic E-state index is 13.1. The highest BCUT2D eigenvalue weighted by Gasteiger charge is 2.45. The number of amides is 2. The highest BCUT2D eigenvalue weighted by Crippen LogP contribution is 2.39. The van der Waals surface area contributed by atoms with E-state index >= 15 is 0 Å². The van der Waals surface area contributed by atoms with E-state index in [1.165, 1.54) is 4.90 Å². The quantitative estimate of drug-likeness (QED) is 0.303. The molecule has 0 aromatic heterocycles. The van der Waals surface area contributed by atoms with Gasteiger partial charge in [-0.15, -0.1) is 0 Å². The van der Waals surface area contributed by atoms with E-state index in [9.17, 15) is 19.5 Å². The second-order valence-corrected chi connectivity index (χ2v) is 8.81. The van der Waals surface area contributed by atoms with Crippen LogP contribution in [0.5, 0.6) is 11.5 Å². The number of rotatable bonds is 10. The fourth-order valence-corrected chi connectivity index (χ4v) is 3.78. The zero-order valence-corrected chi connectivity index (χ0v) is 20.4. The number of ketones is 1. The van der Waals surface area contributed by atoms with Crippen molar-refractivity contribution in [3.8, 4) is 11.5 Å². The molecule has 1 unspecified atom stereocenters. The van der Waals surface area contributed by atoms with Gasteiger partial charge in [0.1, 0.15) is 17.3 Å². The highest BCUT2D eigenvalue weighted by atomic mass is 16.5. The molecule has 0 bridgehead atoms. The molecule has 0 saturated carbocycles. The fourth-order valence-electron chi connectivity index (χ4n) is 3.78. The maximum Gasteiger partial charge on any atom is 0.295 e. The van der Waals surface area contributed by atoms with Crippen LogP contribution in [0.25, 0.3) is 5.76 Å². The molecule has 1 aliphatic heterocycles. The van der Waals surface area contributed by atoms with Gasteiger partial charge in [-0.2, -0.15) is 0 Å². The normalized spacial score (nSPS) is 17.3. The largest absolute Gasteiger partial charge is 0.507 e. The number of hydrogen-bond acceptors (Lipinski definition) is 7. The van der Waals surface area contributed by atoms with Crippen molar-refractivity contribution < 1.29 is 29.0 Å². The number of Topliss-reactive ketones (excluding diaryl/α,β-unsaturated/α-hetero) is 1. The predicted octanol–water partition coefficient (Wildman–Crippen LogP) is 2.32. The van der Waals surface area contributed by atoms with Gasteiger partial charge >= 0.3 is 0 Å². The Morgan fingerprint density at radius 2 is 1.66 bits per heavy atom. The Kier molecular flexibility index (Phi) is 8.14. The summed E-state index contributed by atoms with van der Waals surface area (Å²) >= 11 is 0. The number of aliphatic hydroxyl groups is 1. The summed E-state index contributed by atoms with van der Waals surface area (Å²) in [6.45, 7) is 4.38. The van der Waals surface area contributed by atoms with Crippen molar-refractivity contribution in [2.75, 3.05) is 33.8 Å². The minimum atomic E-state index is -0.785. The Balaban J connectivity index is 2.02. The number of nitrogens with zero attached hydrogens (tertiary/aromatic N) is 2. The summed E-state index contributed by atoms with van der Waals surface area (Å²) in [5.41, 5.74) is 6.16. The molecule has 2 aromatic rings. The van der Waals surface area contributed by atoms with Crippen molar-refractivity contribution in [1.82, 2.24) is 9.80 Å². The number of aliphatic hydroxyl groups excluding tert-OH is 1. The number of nitrogens with two attached hydrogens (primary N) is 1. The minimum Gasteiger partial charge on any atom is -0.507 e. The smallest absolute Gasteiger partial charge is 0.295 e. The van der Waals surface area contributed by atoms with Gasteiger partial charge in [-0.3, -0.25) is 14.4 Å². The Labute approximate surface area is 204 Å². The molecule has 186 valence electrons. The van der Waals surface area contributed by atoms with Crippen LogP contribution in [0.3, 0.4) is 0 Å². The molecule has 1 fully saturated rings. The standard InChI is InChI=1S/C26H31N3O6/c1-16(2)35-20-11-7-18(8-12-20)24(31)22-23(29(14-13-28(3)4)26(33)25(22)32)17-5-9-19(10-6-17)34-15-21(27)30/h5-12,16,23,31H,13-15H2,1-4H3,(H2,27,30). The molecule has 1 saturated heterocycles. The van der Waals surface area contributed by atoms with Gasteiger partial charge in [0.05, 0.1) is 17.7 Å². The zero-order chi connectivity index (χ0) is 25.7. The molecule has 2 amide bonds. The first kappa shape index (κ1) is 25.8. The lowest BCUT2D eigenvalue weighted by atomic mass is 9.95. The molecule has 3 rings (SSSR count). The van der Waals surface area contributed by atoms with E-state index in [0.717, 1.165) is 0 Å². The second kappa shape index (κ2) is 11.1. The molecule has 35 heavy (non-hydrogen) atoms. The van der Waals surface area contributed by atoms with Crippen LogP contribution in [-0.4, -0.2) is 72.4 Å². The first-order chi connectivity index (χ1) is 16.6. The van der Waals surface area contributed by atoms with Gasteiger partial charge in [0.15, 0.2) is 6.61 Å². The van der Waals surface area contributed by atoms with Crippen LogP contribution in [0.2, 0.25) is 0 Å². The number of carbonyl (C=O) groups is 3. The Bertz CT molecular complexity index is 1110. The van der Waals surface area contributed by atoms with Gasteiger partial charge in [-0.1, -0.05) is 12.1 Å². The molecule has 1 heterocycles. The number of benzene rings is 2. The van der Waals surface area contributed by atoms with Crippen LogP contribution in [0.1, 0.15) is 31.0 Å². The van der Waals surface area contributed by atoms with E-state index < -0.39 is 23.6 Å². The second-order valence-electron chi connectivity index (χ2n) is 8.81. The fraction of sp³-hybridized carbons (Fsp3) is 0.346. The molecule has 9 nitrogen and oxygen atoms in total. The third kappa shape index (κ3) is 6.19. The first-order valence-corrected chi connectivity index (χ1v) is 11.3. The number of hydrogen-bond donors (Lipinski definition) is 2. The van der Waals surface area contributed by atoms with E-state index in [0.29, 0.717) is 35.7 Å². The molecule has 1 atom stereocenters. The SMILES string of the molecule is CC(C)Oc1ccc(C(O)=C2C(=O)C(=O)N(CCN(C)C)C2c2ccc(OCC(N)=O)cc2)cc1.